The van der Waals surface area contributed by atoms with Crippen molar-refractivity contribution < 1.29 is 40.7 Å². The van der Waals surface area contributed by atoms with E-state index in [0.29, 0.717) is 3.57 Å². The quantitative estimate of drug-likeness (QED) is 0.235. The zero-order valence-electron chi connectivity index (χ0n) is 19.9. The normalized spacial score (nSPS) is 15.6. The first kappa shape index (κ1) is 29.0. The topological polar surface area (TPSA) is 114 Å². The van der Waals surface area contributed by atoms with Crippen molar-refractivity contribution in [3.63, 3.8) is 0 Å². The molecular weight excluding hydrogens is 630 g/mol. The van der Waals surface area contributed by atoms with E-state index in [-0.39, 0.29) is 50.5 Å². The van der Waals surface area contributed by atoms with Gasteiger partial charge in [0.1, 0.15) is 11.5 Å². The maximum Gasteiger partial charge on any atom is 0.323 e. The minimum absolute atomic E-state index is 0.0244. The minimum Gasteiger partial charge on any atom is -0.465 e. The van der Waals surface area contributed by atoms with Crippen LogP contribution in [0.4, 0.5) is 30.2 Å². The van der Waals surface area contributed by atoms with Crippen LogP contribution in [0.3, 0.4) is 0 Å². The van der Waals surface area contributed by atoms with Gasteiger partial charge in [0.2, 0.25) is 0 Å². The summed E-state index contributed by atoms with van der Waals surface area (Å²) >= 11 is 1.88. The average molecular weight is 655 g/mol. The van der Waals surface area contributed by atoms with E-state index >= 15 is 0 Å². The average Bonchev–Trinajstić information content (AvgIpc) is 2.85. The lowest BCUT2D eigenvalue weighted by Crippen LogP contribution is -2.52. The smallest absolute Gasteiger partial charge is 0.323 e. The molecule has 2 N–H and O–H groups in total. The van der Waals surface area contributed by atoms with Crippen LogP contribution in [-0.4, -0.2) is 51.0 Å². The summed E-state index contributed by atoms with van der Waals surface area (Å²) in [5, 5.41) is 2.41. The monoisotopic (exact) mass is 655 g/mol. The Morgan fingerprint density at radius 2 is 1.54 bits per heavy atom. The van der Waals surface area contributed by atoms with Crippen molar-refractivity contribution >= 4 is 61.8 Å². The number of anilines is 3. The number of halogens is 4. The predicted octanol–water partition coefficient (Wildman–Crippen LogP) is 4.32. The number of ether oxygens (including phenoxy) is 2. The van der Waals surface area contributed by atoms with Gasteiger partial charge in [-0.1, -0.05) is 0 Å². The fourth-order valence-corrected chi connectivity index (χ4v) is 5.52. The number of benzene rings is 2. The van der Waals surface area contributed by atoms with Gasteiger partial charge in [-0.3, -0.25) is 14.3 Å². The van der Waals surface area contributed by atoms with Gasteiger partial charge >= 0.3 is 22.1 Å². The van der Waals surface area contributed by atoms with Gasteiger partial charge in [0.05, 0.1) is 24.6 Å². The number of hydrogen-bond donors (Lipinski definition) is 2. The highest BCUT2D eigenvalue weighted by atomic mass is 127. The van der Waals surface area contributed by atoms with E-state index in [0.717, 1.165) is 22.5 Å². The second kappa shape index (κ2) is 11.9. The van der Waals surface area contributed by atoms with Crippen LogP contribution in [0.1, 0.15) is 26.7 Å². The van der Waals surface area contributed by atoms with E-state index in [4.69, 9.17) is 9.47 Å². The Morgan fingerprint density at radius 3 is 2.08 bits per heavy atom. The molecule has 0 spiro atoms. The first-order valence-electron chi connectivity index (χ1n) is 11.3. The maximum atomic E-state index is 14.7. The van der Waals surface area contributed by atoms with Crippen molar-refractivity contribution in [2.24, 2.45) is 5.41 Å². The summed E-state index contributed by atoms with van der Waals surface area (Å²) in [7, 11) is -4.37. The second-order valence-electron chi connectivity index (χ2n) is 8.06. The summed E-state index contributed by atoms with van der Waals surface area (Å²) in [6.07, 6.45) is -0.412. The number of rotatable bonds is 9. The molecule has 1 aliphatic heterocycles. The highest BCUT2D eigenvalue weighted by Crippen LogP contribution is 2.37. The lowest BCUT2D eigenvalue weighted by atomic mass is 9.79. The Hall–Kier alpha value is -2.59. The predicted molar refractivity (Wildman–Crippen MR) is 138 cm³/mol. The molecule has 1 heterocycles. The molecule has 1 fully saturated rings. The number of nitrogens with zero attached hydrogens (tertiary/aromatic N) is 1. The molecule has 0 aliphatic carbocycles. The molecule has 9 nitrogen and oxygen atoms in total. The van der Waals surface area contributed by atoms with Gasteiger partial charge in [0.15, 0.2) is 17.0 Å². The van der Waals surface area contributed by atoms with Crippen molar-refractivity contribution in [1.29, 1.82) is 0 Å². The van der Waals surface area contributed by atoms with Gasteiger partial charge in [0.25, 0.3) is 0 Å². The van der Waals surface area contributed by atoms with Gasteiger partial charge in [-0.25, -0.2) is 13.2 Å². The molecule has 0 saturated carbocycles. The van der Waals surface area contributed by atoms with Gasteiger partial charge in [-0.2, -0.15) is 12.7 Å². The summed E-state index contributed by atoms with van der Waals surface area (Å²) in [6.45, 7) is 2.69. The summed E-state index contributed by atoms with van der Waals surface area (Å²) in [5.74, 6) is -5.05. The molecule has 0 amide bonds. The molecule has 14 heteroatoms. The highest BCUT2D eigenvalue weighted by Gasteiger charge is 2.52. The molecule has 0 unspecified atom stereocenters. The lowest BCUT2D eigenvalue weighted by Gasteiger charge is -2.37. The molecular formula is C23H25F3IN3O6S. The Labute approximate surface area is 226 Å². The zero-order valence-corrected chi connectivity index (χ0v) is 22.9. The third-order valence-electron chi connectivity index (χ3n) is 5.77. The highest BCUT2D eigenvalue weighted by molar-refractivity contribution is 14.1. The van der Waals surface area contributed by atoms with E-state index in [9.17, 15) is 31.2 Å². The van der Waals surface area contributed by atoms with Crippen molar-refractivity contribution in [3.05, 3.63) is 51.4 Å². The third-order valence-corrected chi connectivity index (χ3v) is 7.97. The first-order chi connectivity index (χ1) is 17.4. The van der Waals surface area contributed by atoms with Crippen molar-refractivity contribution in [2.45, 2.75) is 26.7 Å². The van der Waals surface area contributed by atoms with E-state index in [1.165, 1.54) is 12.1 Å². The second-order valence-corrected chi connectivity index (χ2v) is 11.0. The number of piperidine rings is 1. The molecule has 3 rings (SSSR count). The lowest BCUT2D eigenvalue weighted by molar-refractivity contribution is -0.175. The number of carbonyl (C=O) groups excluding carboxylic acids is 2. The van der Waals surface area contributed by atoms with Crippen molar-refractivity contribution in [1.82, 2.24) is 4.31 Å². The number of nitrogens with one attached hydrogen (secondary N) is 2. The van der Waals surface area contributed by atoms with Crippen LogP contribution in [0.15, 0.2) is 30.3 Å². The first-order valence-corrected chi connectivity index (χ1v) is 13.8. The van der Waals surface area contributed by atoms with E-state index in [1.807, 2.05) is 22.6 Å². The molecule has 2 aromatic carbocycles. The van der Waals surface area contributed by atoms with E-state index in [1.54, 1.807) is 13.8 Å². The van der Waals surface area contributed by atoms with Crippen LogP contribution in [0.2, 0.25) is 0 Å². The largest absolute Gasteiger partial charge is 0.465 e. The Morgan fingerprint density at radius 1 is 0.973 bits per heavy atom. The Bertz CT molecular complexity index is 1270. The number of esters is 2. The van der Waals surface area contributed by atoms with E-state index < -0.39 is 50.7 Å². The fourth-order valence-electron chi connectivity index (χ4n) is 3.83. The molecule has 2 aromatic rings. The number of carbonyl (C=O) groups is 2. The van der Waals surface area contributed by atoms with Crippen LogP contribution in [-0.2, 0) is 29.3 Å². The van der Waals surface area contributed by atoms with Gasteiger partial charge < -0.3 is 14.8 Å². The van der Waals surface area contributed by atoms with Gasteiger partial charge in [0, 0.05) is 16.7 Å². The summed E-state index contributed by atoms with van der Waals surface area (Å²) in [4.78, 5) is 25.2. The van der Waals surface area contributed by atoms with Crippen molar-refractivity contribution in [2.75, 3.05) is 36.3 Å². The molecule has 1 saturated heterocycles. The molecule has 37 heavy (non-hydrogen) atoms. The molecule has 1 aliphatic rings. The summed E-state index contributed by atoms with van der Waals surface area (Å²) in [5.41, 5.74) is -2.84. The van der Waals surface area contributed by atoms with Gasteiger partial charge in [-0.15, -0.1) is 0 Å². The van der Waals surface area contributed by atoms with E-state index in [2.05, 4.69) is 10.0 Å². The third kappa shape index (κ3) is 6.29. The Kier molecular flexibility index (Phi) is 9.28. The van der Waals surface area contributed by atoms with Crippen LogP contribution in [0, 0.1) is 26.4 Å². The fraction of sp³-hybridized carbons (Fsp3) is 0.391. The Balaban J connectivity index is 1.85. The van der Waals surface area contributed by atoms with Crippen LogP contribution in [0.25, 0.3) is 0 Å². The maximum absolute atomic E-state index is 14.7. The molecule has 0 radical (unpaired) electrons. The van der Waals surface area contributed by atoms with Crippen molar-refractivity contribution in [3.8, 4) is 0 Å². The van der Waals surface area contributed by atoms with Crippen LogP contribution < -0.4 is 10.0 Å². The summed E-state index contributed by atoms with van der Waals surface area (Å²) < 4.78 is 83.1. The minimum atomic E-state index is -4.37. The van der Waals surface area contributed by atoms with Crippen LogP contribution >= 0.6 is 22.6 Å². The molecule has 0 bridgehead atoms. The molecule has 0 aromatic heterocycles. The zero-order chi connectivity index (χ0) is 27.4. The number of hydrogen-bond acceptors (Lipinski definition) is 7. The molecule has 202 valence electrons. The molecule has 0 atom stereocenters. The van der Waals surface area contributed by atoms with Crippen LogP contribution in [0.5, 0.6) is 0 Å². The summed E-state index contributed by atoms with van der Waals surface area (Å²) in [6, 6.07) is 5.71. The van der Waals surface area contributed by atoms with Gasteiger partial charge in [-0.05, 0) is 79.6 Å². The SMILES string of the molecule is CCOC(=O)C1(C(=O)OCC)CCN(S(=O)(=O)Nc2ccc(F)c(F)c2Nc2ccc(I)cc2F)CC1. The standard InChI is InChI=1S/C23H25F3IN3O6S/c1-3-35-21(31)23(22(32)36-4-2)9-11-30(12-10-23)37(33,34)29-18-8-6-15(24)19(26)20(18)28-17-7-5-14(27)13-16(17)25/h5-8,13,28-29H,3-4,9-12H2,1-2H3.